The standard InChI is InChI=1S/C7H10F3N5O.ClH/c1-11-3-2-4(16)12-6-13-5(14-15-6)7(8,9)10;/h11H,2-3H2,1H3,(H2,12,13,14,15,16);1H. The van der Waals surface area contributed by atoms with Crippen molar-refractivity contribution in [3.8, 4) is 0 Å². The number of aromatic amines is 1. The normalized spacial score (nSPS) is 10.8. The average Bonchev–Trinajstić information content (AvgIpc) is 2.62. The Hall–Kier alpha value is -1.35. The summed E-state index contributed by atoms with van der Waals surface area (Å²) in [7, 11) is 1.65. The lowest BCUT2D eigenvalue weighted by molar-refractivity contribution is -0.144. The average molecular weight is 274 g/mol. The molecule has 0 saturated carbocycles. The maximum absolute atomic E-state index is 12.1. The summed E-state index contributed by atoms with van der Waals surface area (Å²) < 4.78 is 36.3. The van der Waals surface area contributed by atoms with Gasteiger partial charge < -0.3 is 5.32 Å². The monoisotopic (exact) mass is 273 g/mol. The molecule has 0 spiro atoms. The van der Waals surface area contributed by atoms with Crippen LogP contribution in [0.25, 0.3) is 0 Å². The van der Waals surface area contributed by atoms with Crippen LogP contribution in [-0.2, 0) is 11.0 Å². The number of alkyl halides is 3. The number of anilines is 1. The molecule has 1 rings (SSSR count). The van der Waals surface area contributed by atoms with E-state index in [0.717, 1.165) is 0 Å². The SMILES string of the molecule is CNCCC(=O)Nc1n[nH]c(C(F)(F)F)n1.Cl. The smallest absolute Gasteiger partial charge is 0.319 e. The Morgan fingerprint density at radius 3 is 2.59 bits per heavy atom. The summed E-state index contributed by atoms with van der Waals surface area (Å²) in [6, 6.07) is 0. The lowest BCUT2D eigenvalue weighted by Gasteiger charge is -2.00. The minimum absolute atomic E-state index is 0. The molecular formula is C7H11ClF3N5O. The Morgan fingerprint density at radius 2 is 2.12 bits per heavy atom. The summed E-state index contributed by atoms with van der Waals surface area (Å²) in [5, 5.41) is 9.77. The highest BCUT2D eigenvalue weighted by Gasteiger charge is 2.35. The van der Waals surface area contributed by atoms with Crippen molar-refractivity contribution in [2.75, 3.05) is 18.9 Å². The molecule has 6 nitrogen and oxygen atoms in total. The molecule has 0 unspecified atom stereocenters. The molecule has 1 heterocycles. The van der Waals surface area contributed by atoms with E-state index < -0.39 is 17.9 Å². The van der Waals surface area contributed by atoms with E-state index in [1.807, 2.05) is 0 Å². The van der Waals surface area contributed by atoms with Gasteiger partial charge in [-0.25, -0.2) is 0 Å². The zero-order chi connectivity index (χ0) is 12.2. The van der Waals surface area contributed by atoms with Gasteiger partial charge in [0.05, 0.1) is 0 Å². The first-order valence-corrected chi connectivity index (χ1v) is 4.37. The Balaban J connectivity index is 0.00000256. The van der Waals surface area contributed by atoms with Crippen LogP contribution >= 0.6 is 12.4 Å². The van der Waals surface area contributed by atoms with Gasteiger partial charge in [0.1, 0.15) is 0 Å². The molecule has 0 fully saturated rings. The fourth-order valence-corrected chi connectivity index (χ4v) is 0.870. The van der Waals surface area contributed by atoms with Crippen molar-refractivity contribution in [3.63, 3.8) is 0 Å². The van der Waals surface area contributed by atoms with Crippen LogP contribution in [-0.4, -0.2) is 34.7 Å². The van der Waals surface area contributed by atoms with E-state index in [2.05, 4.69) is 20.7 Å². The van der Waals surface area contributed by atoms with Gasteiger partial charge in [-0.3, -0.25) is 15.2 Å². The van der Waals surface area contributed by atoms with Gasteiger partial charge in [0.2, 0.25) is 17.7 Å². The van der Waals surface area contributed by atoms with Crippen LogP contribution in [0.2, 0.25) is 0 Å². The quantitative estimate of drug-likeness (QED) is 0.758. The summed E-state index contributed by atoms with van der Waals surface area (Å²) in [6.45, 7) is 0.419. The van der Waals surface area contributed by atoms with Crippen molar-refractivity contribution in [2.24, 2.45) is 0 Å². The maximum atomic E-state index is 12.1. The third-order valence-electron chi connectivity index (χ3n) is 1.61. The van der Waals surface area contributed by atoms with Crippen LogP contribution in [0.3, 0.4) is 0 Å². The lowest BCUT2D eigenvalue weighted by Crippen LogP contribution is -2.19. The first-order chi connectivity index (χ1) is 7.43. The number of amides is 1. The molecule has 1 amide bonds. The first kappa shape index (κ1) is 15.7. The fraction of sp³-hybridized carbons (Fsp3) is 0.571. The molecule has 0 atom stereocenters. The number of nitrogens with zero attached hydrogens (tertiary/aromatic N) is 2. The highest BCUT2D eigenvalue weighted by molar-refractivity contribution is 5.88. The van der Waals surface area contributed by atoms with Crippen molar-refractivity contribution in [2.45, 2.75) is 12.6 Å². The molecule has 0 aliphatic rings. The van der Waals surface area contributed by atoms with Crippen molar-refractivity contribution in [3.05, 3.63) is 5.82 Å². The molecule has 1 aromatic heterocycles. The van der Waals surface area contributed by atoms with Crippen molar-refractivity contribution < 1.29 is 18.0 Å². The highest BCUT2D eigenvalue weighted by atomic mass is 35.5. The Bertz CT molecular complexity index is 367. The Labute approximate surface area is 101 Å². The first-order valence-electron chi connectivity index (χ1n) is 4.37. The van der Waals surface area contributed by atoms with E-state index in [9.17, 15) is 18.0 Å². The topological polar surface area (TPSA) is 82.7 Å². The number of rotatable bonds is 4. The third-order valence-corrected chi connectivity index (χ3v) is 1.61. The molecule has 0 aromatic carbocycles. The van der Waals surface area contributed by atoms with Crippen LogP contribution in [0.15, 0.2) is 0 Å². The van der Waals surface area contributed by atoms with E-state index in [1.165, 1.54) is 0 Å². The molecular weight excluding hydrogens is 263 g/mol. The minimum Gasteiger partial charge on any atom is -0.319 e. The molecule has 17 heavy (non-hydrogen) atoms. The highest BCUT2D eigenvalue weighted by Crippen LogP contribution is 2.26. The molecule has 0 aliphatic heterocycles. The maximum Gasteiger partial charge on any atom is 0.451 e. The van der Waals surface area contributed by atoms with Gasteiger partial charge in [0.25, 0.3) is 0 Å². The molecule has 98 valence electrons. The van der Waals surface area contributed by atoms with Gasteiger partial charge in [-0.05, 0) is 7.05 Å². The largest absolute Gasteiger partial charge is 0.451 e. The van der Waals surface area contributed by atoms with E-state index >= 15 is 0 Å². The predicted molar refractivity (Wildman–Crippen MR) is 55.8 cm³/mol. The summed E-state index contributed by atoms with van der Waals surface area (Å²) in [5.41, 5.74) is 0. The summed E-state index contributed by atoms with van der Waals surface area (Å²) in [6.07, 6.45) is -4.46. The third kappa shape index (κ3) is 5.00. The van der Waals surface area contributed by atoms with Gasteiger partial charge in [0, 0.05) is 13.0 Å². The van der Waals surface area contributed by atoms with Crippen LogP contribution in [0, 0.1) is 0 Å². The lowest BCUT2D eigenvalue weighted by atomic mass is 10.4. The Morgan fingerprint density at radius 1 is 1.47 bits per heavy atom. The fourth-order valence-electron chi connectivity index (χ4n) is 0.870. The van der Waals surface area contributed by atoms with Crippen LogP contribution in [0.4, 0.5) is 19.1 Å². The molecule has 0 radical (unpaired) electrons. The zero-order valence-electron chi connectivity index (χ0n) is 8.76. The van der Waals surface area contributed by atoms with Gasteiger partial charge >= 0.3 is 6.18 Å². The second kappa shape index (κ2) is 6.40. The number of aromatic nitrogens is 3. The van der Waals surface area contributed by atoms with Gasteiger partial charge in [-0.2, -0.15) is 18.2 Å². The number of carbonyl (C=O) groups excluding carboxylic acids is 1. The van der Waals surface area contributed by atoms with E-state index in [1.54, 1.807) is 12.1 Å². The summed E-state index contributed by atoms with van der Waals surface area (Å²) in [5.74, 6) is -2.08. The van der Waals surface area contributed by atoms with E-state index in [-0.39, 0.29) is 24.8 Å². The van der Waals surface area contributed by atoms with E-state index in [4.69, 9.17) is 0 Å². The van der Waals surface area contributed by atoms with Crippen molar-refractivity contribution >= 4 is 24.3 Å². The van der Waals surface area contributed by atoms with Crippen molar-refractivity contribution in [1.82, 2.24) is 20.5 Å². The second-order valence-electron chi connectivity index (χ2n) is 2.91. The van der Waals surface area contributed by atoms with Gasteiger partial charge in [-0.15, -0.1) is 17.5 Å². The predicted octanol–water partition coefficient (Wildman–Crippen LogP) is 0.793. The van der Waals surface area contributed by atoms with Gasteiger partial charge in [0.15, 0.2) is 0 Å². The molecule has 10 heteroatoms. The number of hydrogen-bond donors (Lipinski definition) is 3. The summed E-state index contributed by atoms with van der Waals surface area (Å²) in [4.78, 5) is 14.2. The molecule has 3 N–H and O–H groups in total. The number of nitrogens with one attached hydrogen (secondary N) is 3. The number of halogens is 4. The second-order valence-corrected chi connectivity index (χ2v) is 2.91. The summed E-state index contributed by atoms with van der Waals surface area (Å²) >= 11 is 0. The zero-order valence-corrected chi connectivity index (χ0v) is 9.58. The molecule has 0 saturated heterocycles. The minimum atomic E-state index is -4.60. The molecule has 0 bridgehead atoms. The van der Waals surface area contributed by atoms with Crippen LogP contribution < -0.4 is 10.6 Å². The van der Waals surface area contributed by atoms with Crippen LogP contribution in [0.5, 0.6) is 0 Å². The molecule has 1 aromatic rings. The van der Waals surface area contributed by atoms with Crippen molar-refractivity contribution in [1.29, 1.82) is 0 Å². The van der Waals surface area contributed by atoms with Gasteiger partial charge in [-0.1, -0.05) is 0 Å². The number of H-pyrrole nitrogens is 1. The van der Waals surface area contributed by atoms with Crippen LogP contribution in [0.1, 0.15) is 12.2 Å². The van der Waals surface area contributed by atoms with E-state index in [0.29, 0.717) is 6.54 Å². The number of hydrogen-bond acceptors (Lipinski definition) is 4. The number of carbonyl (C=O) groups is 1. The molecule has 0 aliphatic carbocycles. The Kier molecular flexibility index (Phi) is 5.89.